The van der Waals surface area contributed by atoms with Gasteiger partial charge in [-0.05, 0) is 71.1 Å². The van der Waals surface area contributed by atoms with E-state index >= 15 is 0 Å². The van der Waals surface area contributed by atoms with E-state index in [2.05, 4.69) is 24.5 Å². The molecule has 22 heavy (non-hydrogen) atoms. The van der Waals surface area contributed by atoms with Gasteiger partial charge in [-0.25, -0.2) is 4.79 Å². The Morgan fingerprint density at radius 1 is 1.23 bits per heavy atom. The lowest BCUT2D eigenvalue weighted by atomic mass is 9.82. The van der Waals surface area contributed by atoms with Crippen molar-refractivity contribution in [2.45, 2.75) is 103 Å². The number of ether oxygens (including phenoxy) is 1. The number of rotatable bonds is 5. The molecule has 0 bridgehead atoms. The van der Waals surface area contributed by atoms with E-state index in [4.69, 9.17) is 4.74 Å². The van der Waals surface area contributed by atoms with E-state index in [0.717, 1.165) is 6.42 Å². The van der Waals surface area contributed by atoms with Crippen LogP contribution in [-0.4, -0.2) is 29.8 Å². The van der Waals surface area contributed by atoms with Crippen molar-refractivity contribution in [3.8, 4) is 0 Å². The number of alkyl carbamates (subject to hydrolysis) is 1. The molecule has 2 fully saturated rings. The summed E-state index contributed by atoms with van der Waals surface area (Å²) in [5.74, 6) is 0. The van der Waals surface area contributed by atoms with Gasteiger partial charge in [0.05, 0.1) is 0 Å². The first-order valence-corrected chi connectivity index (χ1v) is 9.03. The van der Waals surface area contributed by atoms with Crippen molar-refractivity contribution in [3.05, 3.63) is 0 Å². The van der Waals surface area contributed by atoms with Crippen LogP contribution in [0, 0.1) is 5.41 Å². The Morgan fingerprint density at radius 2 is 1.82 bits per heavy atom. The van der Waals surface area contributed by atoms with Gasteiger partial charge in [0.25, 0.3) is 0 Å². The molecule has 2 aliphatic carbocycles. The van der Waals surface area contributed by atoms with Gasteiger partial charge in [0.1, 0.15) is 5.60 Å². The Bertz CT molecular complexity index is 377. The highest BCUT2D eigenvalue weighted by Gasteiger charge is 2.56. The molecule has 0 aromatic carbocycles. The molecular formula is C18H34N2O2. The highest BCUT2D eigenvalue weighted by Crippen LogP contribution is 2.56. The van der Waals surface area contributed by atoms with Crippen molar-refractivity contribution in [1.29, 1.82) is 0 Å². The van der Waals surface area contributed by atoms with E-state index in [1.54, 1.807) is 0 Å². The quantitative estimate of drug-likeness (QED) is 0.807. The fourth-order valence-electron chi connectivity index (χ4n) is 3.77. The van der Waals surface area contributed by atoms with Crippen molar-refractivity contribution in [3.63, 3.8) is 0 Å². The number of nitrogens with one attached hydrogen (secondary N) is 2. The van der Waals surface area contributed by atoms with E-state index in [9.17, 15) is 4.79 Å². The highest BCUT2D eigenvalue weighted by atomic mass is 16.6. The summed E-state index contributed by atoms with van der Waals surface area (Å²) >= 11 is 0. The number of hydrogen-bond acceptors (Lipinski definition) is 3. The fraction of sp³-hybridized carbons (Fsp3) is 0.944. The zero-order chi connectivity index (χ0) is 16.4. The Hall–Kier alpha value is -0.770. The minimum absolute atomic E-state index is 0.258. The molecule has 128 valence electrons. The van der Waals surface area contributed by atoms with Crippen LogP contribution in [-0.2, 0) is 4.74 Å². The molecule has 0 radical (unpaired) electrons. The van der Waals surface area contributed by atoms with Crippen molar-refractivity contribution < 1.29 is 9.53 Å². The zero-order valence-electron chi connectivity index (χ0n) is 15.0. The summed E-state index contributed by atoms with van der Waals surface area (Å²) in [6.45, 7) is 10.2. The molecule has 0 aliphatic heterocycles. The topological polar surface area (TPSA) is 50.4 Å². The molecule has 1 amide bonds. The second kappa shape index (κ2) is 6.77. The number of carbonyl (C=O) groups is 1. The SMILES string of the molecule is CCC(CC)NC1CCC2(CC1)CC2NC(=O)OC(C)(C)C. The van der Waals surface area contributed by atoms with Crippen LogP contribution in [0.25, 0.3) is 0 Å². The molecule has 4 heteroatoms. The van der Waals surface area contributed by atoms with Crippen molar-refractivity contribution in [2.75, 3.05) is 0 Å². The molecule has 0 aromatic rings. The van der Waals surface area contributed by atoms with Crippen LogP contribution in [0.5, 0.6) is 0 Å². The minimum Gasteiger partial charge on any atom is -0.444 e. The zero-order valence-corrected chi connectivity index (χ0v) is 15.0. The predicted molar refractivity (Wildman–Crippen MR) is 90.0 cm³/mol. The molecule has 0 heterocycles. The molecular weight excluding hydrogens is 276 g/mol. The Morgan fingerprint density at radius 3 is 2.32 bits per heavy atom. The van der Waals surface area contributed by atoms with Crippen LogP contribution in [0.1, 0.15) is 79.6 Å². The van der Waals surface area contributed by atoms with E-state index in [1.807, 2.05) is 20.8 Å². The summed E-state index contributed by atoms with van der Waals surface area (Å²) in [4.78, 5) is 11.9. The summed E-state index contributed by atoms with van der Waals surface area (Å²) in [6, 6.07) is 1.66. The van der Waals surface area contributed by atoms with Crippen LogP contribution in [0.4, 0.5) is 4.79 Å². The standard InChI is InChI=1S/C18H34N2O2/c1-6-13(7-2)19-14-8-10-18(11-9-14)12-15(18)20-16(21)22-17(3,4)5/h13-15,19H,6-12H2,1-5H3,(H,20,21). The maximum atomic E-state index is 11.9. The lowest BCUT2D eigenvalue weighted by Gasteiger charge is -2.32. The van der Waals surface area contributed by atoms with E-state index < -0.39 is 5.60 Å². The largest absolute Gasteiger partial charge is 0.444 e. The Balaban J connectivity index is 1.73. The molecule has 0 saturated heterocycles. The van der Waals surface area contributed by atoms with Gasteiger partial charge in [0.15, 0.2) is 0 Å². The Kier molecular flexibility index (Phi) is 5.41. The summed E-state index contributed by atoms with van der Waals surface area (Å²) in [7, 11) is 0. The first kappa shape index (κ1) is 17.6. The monoisotopic (exact) mass is 310 g/mol. The van der Waals surface area contributed by atoms with Crippen molar-refractivity contribution in [1.82, 2.24) is 10.6 Å². The first-order chi connectivity index (χ1) is 10.3. The van der Waals surface area contributed by atoms with Crippen molar-refractivity contribution in [2.24, 2.45) is 5.41 Å². The summed E-state index contributed by atoms with van der Waals surface area (Å²) in [5.41, 5.74) is -0.0496. The van der Waals surface area contributed by atoms with Gasteiger partial charge in [-0.15, -0.1) is 0 Å². The van der Waals surface area contributed by atoms with E-state index in [1.165, 1.54) is 38.5 Å². The molecule has 2 rings (SSSR count). The second-order valence-corrected chi connectivity index (χ2v) is 8.22. The first-order valence-electron chi connectivity index (χ1n) is 9.03. The maximum absolute atomic E-state index is 11.9. The van der Waals surface area contributed by atoms with Gasteiger partial charge in [-0.1, -0.05) is 13.8 Å². The molecule has 2 saturated carbocycles. The third-order valence-corrected chi connectivity index (χ3v) is 5.32. The molecule has 4 nitrogen and oxygen atoms in total. The van der Waals surface area contributed by atoms with Gasteiger partial charge < -0.3 is 15.4 Å². The summed E-state index contributed by atoms with van der Waals surface area (Å²) in [6.07, 6.45) is 8.22. The molecule has 0 aromatic heterocycles. The molecule has 2 N–H and O–H groups in total. The van der Waals surface area contributed by atoms with Gasteiger partial charge in [0, 0.05) is 18.1 Å². The van der Waals surface area contributed by atoms with Crippen molar-refractivity contribution >= 4 is 6.09 Å². The van der Waals surface area contributed by atoms with E-state index in [0.29, 0.717) is 23.5 Å². The Labute approximate surface area is 135 Å². The number of carbonyl (C=O) groups excluding carboxylic acids is 1. The third-order valence-electron chi connectivity index (χ3n) is 5.32. The van der Waals surface area contributed by atoms with Gasteiger partial charge in [-0.3, -0.25) is 0 Å². The molecule has 2 aliphatic rings. The lowest BCUT2D eigenvalue weighted by Crippen LogP contribution is -2.42. The van der Waals surface area contributed by atoms with Gasteiger partial charge in [-0.2, -0.15) is 0 Å². The summed E-state index contributed by atoms with van der Waals surface area (Å²) < 4.78 is 5.36. The van der Waals surface area contributed by atoms with Crippen LogP contribution in [0.15, 0.2) is 0 Å². The average molecular weight is 310 g/mol. The highest BCUT2D eigenvalue weighted by molar-refractivity contribution is 5.68. The maximum Gasteiger partial charge on any atom is 0.407 e. The average Bonchev–Trinajstić information content (AvgIpc) is 3.08. The number of amides is 1. The molecule has 1 unspecified atom stereocenters. The van der Waals surface area contributed by atoms with Crippen LogP contribution < -0.4 is 10.6 Å². The fourth-order valence-corrected chi connectivity index (χ4v) is 3.77. The van der Waals surface area contributed by atoms with Crippen LogP contribution in [0.3, 0.4) is 0 Å². The van der Waals surface area contributed by atoms with Gasteiger partial charge >= 0.3 is 6.09 Å². The molecule has 1 atom stereocenters. The third kappa shape index (κ3) is 4.61. The van der Waals surface area contributed by atoms with Crippen LogP contribution in [0.2, 0.25) is 0 Å². The normalized spacial score (nSPS) is 31.4. The molecule has 1 spiro atoms. The smallest absolute Gasteiger partial charge is 0.407 e. The summed E-state index contributed by atoms with van der Waals surface area (Å²) in [5, 5.41) is 6.86. The second-order valence-electron chi connectivity index (χ2n) is 8.22. The van der Waals surface area contributed by atoms with E-state index in [-0.39, 0.29) is 6.09 Å². The minimum atomic E-state index is -0.414. The van der Waals surface area contributed by atoms with Gasteiger partial charge in [0.2, 0.25) is 0 Å². The van der Waals surface area contributed by atoms with Crippen LogP contribution >= 0.6 is 0 Å². The number of hydrogen-bond donors (Lipinski definition) is 2. The predicted octanol–water partition coefficient (Wildman–Crippen LogP) is 3.99. The lowest BCUT2D eigenvalue weighted by molar-refractivity contribution is 0.0511.